The summed E-state index contributed by atoms with van der Waals surface area (Å²) < 4.78 is 21.8. The van der Waals surface area contributed by atoms with E-state index in [0.717, 1.165) is 16.0 Å². The first-order valence-corrected chi connectivity index (χ1v) is 9.83. The first-order valence-electron chi connectivity index (χ1n) is 8.85. The van der Waals surface area contributed by atoms with E-state index in [4.69, 9.17) is 18.6 Å². The summed E-state index contributed by atoms with van der Waals surface area (Å²) in [6.45, 7) is 2.06. The minimum Gasteiger partial charge on any atom is -0.496 e. The van der Waals surface area contributed by atoms with E-state index in [-0.39, 0.29) is 6.61 Å². The summed E-state index contributed by atoms with van der Waals surface area (Å²) >= 11 is 1.63. The van der Waals surface area contributed by atoms with Crippen molar-refractivity contribution in [3.63, 3.8) is 0 Å². The minimum absolute atomic E-state index is 0.278. The summed E-state index contributed by atoms with van der Waals surface area (Å²) in [6, 6.07) is 13.7. The van der Waals surface area contributed by atoms with E-state index in [1.165, 1.54) is 7.11 Å². The first kappa shape index (κ1) is 19.9. The highest BCUT2D eigenvalue weighted by molar-refractivity contribution is 7.98. The molecule has 146 valence electrons. The summed E-state index contributed by atoms with van der Waals surface area (Å²) in [5, 5.41) is 0. The summed E-state index contributed by atoms with van der Waals surface area (Å²) in [5.74, 6) is 1.17. The Kier molecular flexibility index (Phi) is 6.66. The van der Waals surface area contributed by atoms with Gasteiger partial charge < -0.3 is 18.6 Å². The molecular formula is C22H22O5S. The van der Waals surface area contributed by atoms with E-state index in [1.54, 1.807) is 44.4 Å². The molecule has 0 N–H and O–H groups in total. The molecule has 0 spiro atoms. The van der Waals surface area contributed by atoms with E-state index >= 15 is 0 Å². The molecule has 0 fully saturated rings. The van der Waals surface area contributed by atoms with Crippen molar-refractivity contribution in [1.82, 2.24) is 0 Å². The number of hydrogen-bond acceptors (Lipinski definition) is 6. The van der Waals surface area contributed by atoms with Gasteiger partial charge in [-0.25, -0.2) is 4.79 Å². The van der Waals surface area contributed by atoms with Crippen LogP contribution in [0.4, 0.5) is 0 Å². The number of carbonyl (C=O) groups is 1. The van der Waals surface area contributed by atoms with Crippen molar-refractivity contribution in [1.29, 1.82) is 0 Å². The van der Waals surface area contributed by atoms with Crippen molar-refractivity contribution in [3.05, 3.63) is 66.1 Å². The van der Waals surface area contributed by atoms with Gasteiger partial charge in [0.1, 0.15) is 17.1 Å². The van der Waals surface area contributed by atoms with Crippen LogP contribution < -0.4 is 9.47 Å². The molecule has 5 nitrogen and oxygen atoms in total. The summed E-state index contributed by atoms with van der Waals surface area (Å²) in [6.07, 6.45) is 3.16. The lowest BCUT2D eigenvalue weighted by Gasteiger charge is -2.19. The molecule has 0 aliphatic carbocycles. The predicted octanol–water partition coefficient (Wildman–Crippen LogP) is 5.43. The third-order valence-electron chi connectivity index (χ3n) is 4.18. The smallest absolute Gasteiger partial charge is 0.342 e. The van der Waals surface area contributed by atoms with Crippen LogP contribution in [0.5, 0.6) is 11.5 Å². The monoisotopic (exact) mass is 398 g/mol. The summed E-state index contributed by atoms with van der Waals surface area (Å²) in [7, 11) is 3.13. The number of rotatable bonds is 8. The molecule has 3 aromatic rings. The van der Waals surface area contributed by atoms with Crippen LogP contribution in [-0.2, 0) is 10.5 Å². The van der Waals surface area contributed by atoms with Gasteiger partial charge in [-0.3, -0.25) is 0 Å². The molecule has 0 saturated heterocycles. The van der Waals surface area contributed by atoms with Crippen molar-refractivity contribution in [3.8, 4) is 22.6 Å². The fraction of sp³-hybridized carbons (Fsp3) is 0.227. The standard InChI is InChI=1S/C22H22O5S/c1-4-27-22(23)20-16(14-28-17-8-6-5-7-9-17)12-18(24-2)19(21(20)25-3)15-10-11-26-13-15/h5-13H,4,14H2,1-3H3. The Morgan fingerprint density at radius 2 is 1.89 bits per heavy atom. The van der Waals surface area contributed by atoms with Crippen LogP contribution in [0.15, 0.2) is 64.3 Å². The molecule has 0 atom stereocenters. The lowest BCUT2D eigenvalue weighted by Crippen LogP contribution is -2.11. The third-order valence-corrected chi connectivity index (χ3v) is 5.24. The quantitative estimate of drug-likeness (QED) is 0.372. The predicted molar refractivity (Wildman–Crippen MR) is 109 cm³/mol. The van der Waals surface area contributed by atoms with E-state index in [2.05, 4.69) is 0 Å². The Bertz CT molecular complexity index is 920. The Balaban J connectivity index is 2.12. The van der Waals surface area contributed by atoms with Gasteiger partial charge in [-0.1, -0.05) is 18.2 Å². The summed E-state index contributed by atoms with van der Waals surface area (Å²) in [5.41, 5.74) is 2.62. The van der Waals surface area contributed by atoms with E-state index < -0.39 is 5.97 Å². The Morgan fingerprint density at radius 1 is 1.11 bits per heavy atom. The van der Waals surface area contributed by atoms with Gasteiger partial charge in [-0.2, -0.15) is 0 Å². The number of ether oxygens (including phenoxy) is 3. The average molecular weight is 398 g/mol. The molecular weight excluding hydrogens is 376 g/mol. The molecule has 0 aliphatic heterocycles. The second-order valence-electron chi connectivity index (χ2n) is 5.86. The normalized spacial score (nSPS) is 10.5. The fourth-order valence-electron chi connectivity index (χ4n) is 2.95. The van der Waals surface area contributed by atoms with Gasteiger partial charge in [-0.15, -0.1) is 11.8 Å². The molecule has 0 saturated carbocycles. The van der Waals surface area contributed by atoms with Crippen molar-refractivity contribution in [2.24, 2.45) is 0 Å². The number of furan rings is 1. The maximum Gasteiger partial charge on any atom is 0.342 e. The van der Waals surface area contributed by atoms with Crippen molar-refractivity contribution in [2.75, 3.05) is 20.8 Å². The summed E-state index contributed by atoms with van der Waals surface area (Å²) in [4.78, 5) is 13.9. The van der Waals surface area contributed by atoms with Crippen LogP contribution in [0.1, 0.15) is 22.8 Å². The zero-order chi connectivity index (χ0) is 19.9. The van der Waals surface area contributed by atoms with Crippen LogP contribution in [0.25, 0.3) is 11.1 Å². The fourth-order valence-corrected chi connectivity index (χ4v) is 3.85. The maximum atomic E-state index is 12.8. The number of hydrogen-bond donors (Lipinski definition) is 0. The van der Waals surface area contributed by atoms with Crippen molar-refractivity contribution in [2.45, 2.75) is 17.6 Å². The Morgan fingerprint density at radius 3 is 2.50 bits per heavy atom. The third kappa shape index (κ3) is 4.17. The van der Waals surface area contributed by atoms with Crippen LogP contribution in [0.2, 0.25) is 0 Å². The molecule has 0 radical (unpaired) electrons. The Hall–Kier alpha value is -2.86. The molecule has 3 rings (SSSR count). The maximum absolute atomic E-state index is 12.8. The van der Waals surface area contributed by atoms with Crippen LogP contribution in [0.3, 0.4) is 0 Å². The van der Waals surface area contributed by atoms with Gasteiger partial charge in [0.25, 0.3) is 0 Å². The second-order valence-corrected chi connectivity index (χ2v) is 6.90. The molecule has 1 heterocycles. The van der Waals surface area contributed by atoms with Crippen LogP contribution in [-0.4, -0.2) is 26.8 Å². The van der Waals surface area contributed by atoms with Gasteiger partial charge in [-0.05, 0) is 36.8 Å². The lowest BCUT2D eigenvalue weighted by molar-refractivity contribution is 0.0522. The minimum atomic E-state index is -0.421. The largest absolute Gasteiger partial charge is 0.496 e. The lowest BCUT2D eigenvalue weighted by atomic mass is 9.98. The highest BCUT2D eigenvalue weighted by atomic mass is 32.2. The van der Waals surface area contributed by atoms with Gasteiger partial charge in [0.2, 0.25) is 0 Å². The molecule has 1 aromatic heterocycles. The topological polar surface area (TPSA) is 57.9 Å². The SMILES string of the molecule is CCOC(=O)c1c(CSc2ccccc2)cc(OC)c(-c2ccoc2)c1OC. The number of thioether (sulfide) groups is 1. The zero-order valence-electron chi connectivity index (χ0n) is 16.1. The molecule has 28 heavy (non-hydrogen) atoms. The molecule has 0 aliphatic rings. The first-order chi connectivity index (χ1) is 13.7. The van der Waals surface area contributed by atoms with E-state index in [1.807, 2.05) is 36.4 Å². The van der Waals surface area contributed by atoms with E-state index in [0.29, 0.717) is 28.4 Å². The zero-order valence-corrected chi connectivity index (χ0v) is 16.9. The Labute approximate surface area is 168 Å². The van der Waals surface area contributed by atoms with Crippen LogP contribution in [0, 0.1) is 0 Å². The van der Waals surface area contributed by atoms with Gasteiger partial charge in [0.05, 0.1) is 38.9 Å². The molecule has 0 bridgehead atoms. The number of methoxy groups -OCH3 is 2. The number of carbonyl (C=O) groups excluding carboxylic acids is 1. The van der Waals surface area contributed by atoms with E-state index in [9.17, 15) is 4.79 Å². The van der Waals surface area contributed by atoms with Crippen molar-refractivity contribution >= 4 is 17.7 Å². The highest BCUT2D eigenvalue weighted by Crippen LogP contribution is 2.44. The highest BCUT2D eigenvalue weighted by Gasteiger charge is 2.26. The molecule has 0 unspecified atom stereocenters. The van der Waals surface area contributed by atoms with Crippen molar-refractivity contribution < 1.29 is 23.4 Å². The number of esters is 1. The van der Waals surface area contributed by atoms with Gasteiger partial charge in [0.15, 0.2) is 0 Å². The van der Waals surface area contributed by atoms with Crippen LogP contribution >= 0.6 is 11.8 Å². The molecule has 6 heteroatoms. The average Bonchev–Trinajstić information content (AvgIpc) is 3.26. The molecule has 2 aromatic carbocycles. The number of benzene rings is 2. The van der Waals surface area contributed by atoms with Gasteiger partial charge in [0, 0.05) is 16.2 Å². The second kappa shape index (κ2) is 9.37. The molecule has 0 amide bonds. The van der Waals surface area contributed by atoms with Gasteiger partial charge >= 0.3 is 5.97 Å².